The molecule has 3 rings (SSSR count). The highest BCUT2D eigenvalue weighted by Gasteiger charge is 2.25. The smallest absolute Gasteiger partial charge is 0.239 e. The minimum absolute atomic E-state index is 0.0325. The van der Waals surface area contributed by atoms with E-state index in [-0.39, 0.29) is 11.9 Å². The van der Waals surface area contributed by atoms with E-state index in [9.17, 15) is 4.79 Å². The first-order valence-electron chi connectivity index (χ1n) is 7.01. The lowest BCUT2D eigenvalue weighted by Crippen LogP contribution is -2.46. The quantitative estimate of drug-likeness (QED) is 0.936. The molecule has 21 heavy (non-hydrogen) atoms. The lowest BCUT2D eigenvalue weighted by molar-refractivity contribution is -0.120. The number of fused-ring (bicyclic) bond motifs is 1. The second-order valence-electron chi connectivity index (χ2n) is 5.11. The molecule has 5 nitrogen and oxygen atoms in total. The lowest BCUT2D eigenvalue weighted by atomic mass is 10.1. The molecule has 2 aromatic rings. The van der Waals surface area contributed by atoms with Crippen LogP contribution in [0.3, 0.4) is 0 Å². The van der Waals surface area contributed by atoms with Crippen molar-refractivity contribution in [3.8, 4) is 5.75 Å². The summed E-state index contributed by atoms with van der Waals surface area (Å²) in [7, 11) is 0. The number of para-hydroxylation sites is 2. The average Bonchev–Trinajstić information content (AvgIpc) is 3.01. The van der Waals surface area contributed by atoms with Gasteiger partial charge >= 0.3 is 0 Å². The van der Waals surface area contributed by atoms with E-state index in [1.165, 1.54) is 0 Å². The van der Waals surface area contributed by atoms with Gasteiger partial charge in [-0.2, -0.15) is 0 Å². The van der Waals surface area contributed by atoms with Crippen molar-refractivity contribution in [1.82, 2.24) is 5.32 Å². The predicted octanol–water partition coefficient (Wildman–Crippen LogP) is 2.18. The Morgan fingerprint density at radius 1 is 1.33 bits per heavy atom. The summed E-state index contributed by atoms with van der Waals surface area (Å²) in [6.07, 6.45) is 1.60. The molecule has 0 saturated heterocycles. The first-order valence-corrected chi connectivity index (χ1v) is 7.01. The molecule has 2 heterocycles. The van der Waals surface area contributed by atoms with Crippen molar-refractivity contribution < 1.29 is 13.9 Å². The van der Waals surface area contributed by atoms with Crippen molar-refractivity contribution in [2.75, 3.05) is 18.1 Å². The topological polar surface area (TPSA) is 54.7 Å². The molecule has 1 N–H and O–H groups in total. The molecular formula is C16H18N2O3. The van der Waals surface area contributed by atoms with E-state index in [1.807, 2.05) is 36.4 Å². The van der Waals surface area contributed by atoms with E-state index in [0.29, 0.717) is 19.7 Å². The molecule has 0 unspecified atom stereocenters. The van der Waals surface area contributed by atoms with Crippen LogP contribution in [0.25, 0.3) is 0 Å². The number of amides is 1. The minimum atomic E-state index is -0.0325. The van der Waals surface area contributed by atoms with Gasteiger partial charge in [0.25, 0.3) is 0 Å². The Kier molecular flexibility index (Phi) is 3.81. The van der Waals surface area contributed by atoms with Crippen LogP contribution in [0.4, 0.5) is 5.69 Å². The van der Waals surface area contributed by atoms with Gasteiger partial charge in [0.05, 0.1) is 31.1 Å². The van der Waals surface area contributed by atoms with Crippen molar-refractivity contribution in [3.63, 3.8) is 0 Å². The number of ether oxygens (including phenoxy) is 1. The molecule has 1 amide bonds. The van der Waals surface area contributed by atoms with Crippen LogP contribution in [-0.2, 0) is 11.3 Å². The highest BCUT2D eigenvalue weighted by molar-refractivity contribution is 5.82. The van der Waals surface area contributed by atoms with Gasteiger partial charge in [0, 0.05) is 0 Å². The summed E-state index contributed by atoms with van der Waals surface area (Å²) in [4.78, 5) is 14.2. The zero-order valence-electron chi connectivity index (χ0n) is 11.9. The van der Waals surface area contributed by atoms with Gasteiger partial charge in [-0.1, -0.05) is 12.1 Å². The van der Waals surface area contributed by atoms with Crippen LogP contribution >= 0.6 is 0 Å². The molecule has 0 fully saturated rings. The summed E-state index contributed by atoms with van der Waals surface area (Å²) in [5.41, 5.74) is 0.962. The molecule has 5 heteroatoms. The summed E-state index contributed by atoms with van der Waals surface area (Å²) >= 11 is 0. The van der Waals surface area contributed by atoms with Crippen molar-refractivity contribution in [2.45, 2.75) is 19.5 Å². The maximum atomic E-state index is 12.1. The van der Waals surface area contributed by atoms with Gasteiger partial charge in [0.1, 0.15) is 18.1 Å². The molecule has 0 aliphatic carbocycles. The van der Waals surface area contributed by atoms with E-state index in [1.54, 1.807) is 6.26 Å². The molecule has 1 aliphatic rings. The van der Waals surface area contributed by atoms with E-state index in [0.717, 1.165) is 17.2 Å². The first-order chi connectivity index (χ1) is 10.2. The summed E-state index contributed by atoms with van der Waals surface area (Å²) < 4.78 is 10.9. The Bertz CT molecular complexity index is 610. The van der Waals surface area contributed by atoms with Crippen molar-refractivity contribution in [2.24, 2.45) is 0 Å². The number of rotatable bonds is 4. The Morgan fingerprint density at radius 2 is 2.19 bits per heavy atom. The number of carbonyl (C=O) groups is 1. The van der Waals surface area contributed by atoms with Gasteiger partial charge in [-0.3, -0.25) is 4.79 Å². The highest BCUT2D eigenvalue weighted by atomic mass is 16.5. The first kappa shape index (κ1) is 13.5. The fourth-order valence-corrected chi connectivity index (χ4v) is 2.40. The average molecular weight is 286 g/mol. The van der Waals surface area contributed by atoms with Crippen LogP contribution in [0.5, 0.6) is 5.75 Å². The van der Waals surface area contributed by atoms with Crippen LogP contribution in [-0.4, -0.2) is 25.1 Å². The van der Waals surface area contributed by atoms with Gasteiger partial charge in [0.2, 0.25) is 5.91 Å². The van der Waals surface area contributed by atoms with E-state index in [2.05, 4.69) is 17.1 Å². The molecule has 1 atom stereocenters. The number of hydrogen-bond acceptors (Lipinski definition) is 4. The maximum Gasteiger partial charge on any atom is 0.239 e. The molecule has 1 aromatic heterocycles. The Hall–Kier alpha value is -2.43. The standard InChI is InChI=1S/C16H18N2O3/c1-12-11-21-15-7-3-2-6-14(15)18(12)10-16(19)17-9-13-5-4-8-20-13/h2-8,12H,9-11H2,1H3,(H,17,19)/t12-/m1/s1. The Balaban J connectivity index is 1.65. The molecule has 0 radical (unpaired) electrons. The lowest BCUT2D eigenvalue weighted by Gasteiger charge is -2.36. The third-order valence-electron chi connectivity index (χ3n) is 3.54. The predicted molar refractivity (Wildman–Crippen MR) is 79.3 cm³/mol. The Labute approximate surface area is 123 Å². The fraction of sp³-hybridized carbons (Fsp3) is 0.312. The normalized spacial score (nSPS) is 17.0. The summed E-state index contributed by atoms with van der Waals surface area (Å²) in [6.45, 7) is 3.35. The zero-order valence-corrected chi connectivity index (χ0v) is 11.9. The van der Waals surface area contributed by atoms with Crippen molar-refractivity contribution >= 4 is 11.6 Å². The molecule has 1 aromatic carbocycles. The van der Waals surface area contributed by atoms with E-state index < -0.39 is 0 Å². The second kappa shape index (κ2) is 5.91. The SMILES string of the molecule is C[C@@H]1COc2ccccc2N1CC(=O)NCc1ccco1. The van der Waals surface area contributed by atoms with Crippen LogP contribution in [0.15, 0.2) is 47.1 Å². The van der Waals surface area contributed by atoms with E-state index >= 15 is 0 Å². The second-order valence-corrected chi connectivity index (χ2v) is 5.11. The molecule has 110 valence electrons. The number of nitrogens with one attached hydrogen (secondary N) is 1. The van der Waals surface area contributed by atoms with Gasteiger partial charge in [-0.05, 0) is 31.2 Å². The van der Waals surface area contributed by atoms with Gasteiger partial charge in [-0.15, -0.1) is 0 Å². The maximum absolute atomic E-state index is 12.1. The fourth-order valence-electron chi connectivity index (χ4n) is 2.40. The van der Waals surface area contributed by atoms with Crippen LogP contribution in [0, 0.1) is 0 Å². The van der Waals surface area contributed by atoms with Gasteiger partial charge in [-0.25, -0.2) is 0 Å². The van der Waals surface area contributed by atoms with E-state index in [4.69, 9.17) is 9.15 Å². The van der Waals surface area contributed by atoms with Crippen LogP contribution in [0.1, 0.15) is 12.7 Å². The number of hydrogen-bond donors (Lipinski definition) is 1. The van der Waals surface area contributed by atoms with Gasteiger partial charge in [0.15, 0.2) is 0 Å². The van der Waals surface area contributed by atoms with Crippen molar-refractivity contribution in [1.29, 1.82) is 0 Å². The Morgan fingerprint density at radius 3 is 3.00 bits per heavy atom. The summed E-state index contributed by atoms with van der Waals surface area (Å²) in [6, 6.07) is 11.6. The minimum Gasteiger partial charge on any atom is -0.489 e. The third kappa shape index (κ3) is 3.02. The third-order valence-corrected chi connectivity index (χ3v) is 3.54. The zero-order chi connectivity index (χ0) is 14.7. The summed E-state index contributed by atoms with van der Waals surface area (Å²) in [5.74, 6) is 1.54. The van der Waals surface area contributed by atoms with Crippen LogP contribution in [0.2, 0.25) is 0 Å². The molecule has 0 saturated carbocycles. The highest BCUT2D eigenvalue weighted by Crippen LogP contribution is 2.32. The monoisotopic (exact) mass is 286 g/mol. The largest absolute Gasteiger partial charge is 0.489 e. The summed E-state index contributed by atoms with van der Waals surface area (Å²) in [5, 5.41) is 2.87. The molecule has 0 bridgehead atoms. The van der Waals surface area contributed by atoms with Gasteiger partial charge < -0.3 is 19.4 Å². The molecule has 0 spiro atoms. The number of benzene rings is 1. The van der Waals surface area contributed by atoms with Crippen molar-refractivity contribution in [3.05, 3.63) is 48.4 Å². The number of furan rings is 1. The molecule has 1 aliphatic heterocycles. The number of anilines is 1. The van der Waals surface area contributed by atoms with Crippen LogP contribution < -0.4 is 15.0 Å². The molecular weight excluding hydrogens is 268 g/mol. The number of carbonyl (C=O) groups excluding carboxylic acids is 1. The number of nitrogens with zero attached hydrogens (tertiary/aromatic N) is 1.